The van der Waals surface area contributed by atoms with Crippen molar-refractivity contribution in [3.8, 4) is 0 Å². The van der Waals surface area contributed by atoms with Gasteiger partial charge in [0.15, 0.2) is 0 Å². The zero-order valence-corrected chi connectivity index (χ0v) is 11.3. The van der Waals surface area contributed by atoms with E-state index in [4.69, 9.17) is 0 Å². The first-order chi connectivity index (χ1) is 8.18. The Kier molecular flexibility index (Phi) is 4.48. The predicted octanol–water partition coefficient (Wildman–Crippen LogP) is 1.66. The maximum absolute atomic E-state index is 11.6. The van der Waals surface area contributed by atoms with E-state index in [9.17, 15) is 9.90 Å². The molecule has 1 aromatic heterocycles. The van der Waals surface area contributed by atoms with E-state index in [0.717, 1.165) is 24.3 Å². The Hall–Kier alpha value is -0.520. The third kappa shape index (κ3) is 4.01. The van der Waals surface area contributed by atoms with Gasteiger partial charge in [-0.05, 0) is 41.0 Å². The van der Waals surface area contributed by atoms with Gasteiger partial charge in [0.1, 0.15) is 0 Å². The standard InChI is InChI=1S/C12H17NO2S2/c14-11(2-1-10-3-5-16-7-10)13-8-12(15)4-6-17-9-12/h3,5,7,15H,1-2,4,6,8-9H2,(H,13,14)/t12-/m1/s1. The van der Waals surface area contributed by atoms with Gasteiger partial charge in [-0.25, -0.2) is 0 Å². The molecule has 0 aliphatic carbocycles. The van der Waals surface area contributed by atoms with Crippen molar-refractivity contribution in [2.45, 2.75) is 24.9 Å². The molecule has 3 nitrogen and oxygen atoms in total. The van der Waals surface area contributed by atoms with Gasteiger partial charge in [-0.15, -0.1) is 0 Å². The zero-order valence-electron chi connectivity index (χ0n) is 9.65. The molecule has 5 heteroatoms. The molecule has 94 valence electrons. The lowest BCUT2D eigenvalue weighted by Crippen LogP contribution is -2.42. The summed E-state index contributed by atoms with van der Waals surface area (Å²) in [5, 5.41) is 17.0. The van der Waals surface area contributed by atoms with Gasteiger partial charge < -0.3 is 10.4 Å². The quantitative estimate of drug-likeness (QED) is 0.856. The Balaban J connectivity index is 1.67. The van der Waals surface area contributed by atoms with Crippen LogP contribution in [-0.2, 0) is 11.2 Å². The van der Waals surface area contributed by atoms with Gasteiger partial charge in [-0.1, -0.05) is 0 Å². The monoisotopic (exact) mass is 271 g/mol. The Labute approximate surface area is 110 Å². The van der Waals surface area contributed by atoms with E-state index < -0.39 is 5.60 Å². The highest BCUT2D eigenvalue weighted by atomic mass is 32.2. The predicted molar refractivity (Wildman–Crippen MR) is 72.5 cm³/mol. The van der Waals surface area contributed by atoms with Crippen LogP contribution in [0.15, 0.2) is 16.8 Å². The summed E-state index contributed by atoms with van der Waals surface area (Å²) in [4.78, 5) is 11.6. The summed E-state index contributed by atoms with van der Waals surface area (Å²) in [6.07, 6.45) is 2.06. The van der Waals surface area contributed by atoms with Crippen molar-refractivity contribution in [3.63, 3.8) is 0 Å². The number of aliphatic hydroxyl groups is 1. The van der Waals surface area contributed by atoms with E-state index in [1.807, 2.05) is 11.4 Å². The molecule has 1 saturated heterocycles. The fourth-order valence-corrected chi connectivity index (χ4v) is 3.78. The highest BCUT2D eigenvalue weighted by molar-refractivity contribution is 7.99. The van der Waals surface area contributed by atoms with Crippen molar-refractivity contribution in [1.29, 1.82) is 0 Å². The lowest BCUT2D eigenvalue weighted by molar-refractivity contribution is -0.122. The minimum atomic E-state index is -0.678. The van der Waals surface area contributed by atoms with Crippen LogP contribution >= 0.6 is 23.1 Å². The molecule has 1 aliphatic rings. The van der Waals surface area contributed by atoms with Crippen LogP contribution < -0.4 is 5.32 Å². The lowest BCUT2D eigenvalue weighted by atomic mass is 10.0. The molecule has 1 aliphatic heterocycles. The maximum Gasteiger partial charge on any atom is 0.220 e. The van der Waals surface area contributed by atoms with Crippen LogP contribution in [0.5, 0.6) is 0 Å². The molecule has 0 saturated carbocycles. The first-order valence-corrected chi connectivity index (χ1v) is 7.86. The Morgan fingerprint density at radius 2 is 2.47 bits per heavy atom. The second-order valence-electron chi connectivity index (χ2n) is 4.44. The molecule has 0 radical (unpaired) electrons. The van der Waals surface area contributed by atoms with Crippen molar-refractivity contribution >= 4 is 29.0 Å². The van der Waals surface area contributed by atoms with Crippen LogP contribution in [0.25, 0.3) is 0 Å². The molecular formula is C12H17NO2S2. The first kappa shape index (κ1) is 12.9. The van der Waals surface area contributed by atoms with E-state index >= 15 is 0 Å². The van der Waals surface area contributed by atoms with Crippen LogP contribution in [-0.4, -0.2) is 34.7 Å². The fraction of sp³-hybridized carbons (Fsp3) is 0.583. The van der Waals surface area contributed by atoms with Gasteiger partial charge in [0, 0.05) is 18.7 Å². The SMILES string of the molecule is O=C(CCc1ccsc1)NC[C@]1(O)CCSC1. The number of carbonyl (C=O) groups is 1. The second kappa shape index (κ2) is 5.89. The van der Waals surface area contributed by atoms with Crippen molar-refractivity contribution in [2.24, 2.45) is 0 Å². The average molecular weight is 271 g/mol. The topological polar surface area (TPSA) is 49.3 Å². The number of hydrogen-bond acceptors (Lipinski definition) is 4. The van der Waals surface area contributed by atoms with Crippen LogP contribution in [0.2, 0.25) is 0 Å². The number of amides is 1. The minimum absolute atomic E-state index is 0.0292. The Bertz CT molecular complexity index is 359. The number of nitrogens with one attached hydrogen (secondary N) is 1. The molecule has 0 unspecified atom stereocenters. The zero-order chi connectivity index (χ0) is 12.1. The molecule has 17 heavy (non-hydrogen) atoms. The van der Waals surface area contributed by atoms with Crippen molar-refractivity contribution < 1.29 is 9.90 Å². The molecule has 1 fully saturated rings. The highest BCUT2D eigenvalue weighted by Crippen LogP contribution is 2.26. The molecule has 0 spiro atoms. The van der Waals surface area contributed by atoms with Gasteiger partial charge in [0.2, 0.25) is 5.91 Å². The molecule has 1 amide bonds. The number of thiophene rings is 1. The number of rotatable bonds is 5. The minimum Gasteiger partial charge on any atom is -0.387 e. The van der Waals surface area contributed by atoms with Crippen LogP contribution in [0, 0.1) is 0 Å². The highest BCUT2D eigenvalue weighted by Gasteiger charge is 2.31. The van der Waals surface area contributed by atoms with E-state index in [0.29, 0.717) is 13.0 Å². The van der Waals surface area contributed by atoms with E-state index in [1.165, 1.54) is 5.56 Å². The van der Waals surface area contributed by atoms with Gasteiger partial charge in [-0.2, -0.15) is 23.1 Å². The summed E-state index contributed by atoms with van der Waals surface area (Å²) in [6, 6.07) is 2.04. The first-order valence-electron chi connectivity index (χ1n) is 5.76. The molecule has 2 N–H and O–H groups in total. The van der Waals surface area contributed by atoms with Crippen LogP contribution in [0.4, 0.5) is 0 Å². The molecule has 2 rings (SSSR count). The number of carbonyl (C=O) groups excluding carboxylic acids is 1. The Morgan fingerprint density at radius 3 is 3.12 bits per heavy atom. The molecule has 0 bridgehead atoms. The van der Waals surface area contributed by atoms with Gasteiger partial charge >= 0.3 is 0 Å². The Morgan fingerprint density at radius 1 is 1.59 bits per heavy atom. The van der Waals surface area contributed by atoms with Gasteiger partial charge in [0.05, 0.1) is 5.60 Å². The summed E-state index contributed by atoms with van der Waals surface area (Å²) in [5.41, 5.74) is 0.531. The molecule has 2 heterocycles. The second-order valence-corrected chi connectivity index (χ2v) is 6.32. The van der Waals surface area contributed by atoms with Gasteiger partial charge in [0.25, 0.3) is 0 Å². The van der Waals surface area contributed by atoms with Gasteiger partial charge in [-0.3, -0.25) is 4.79 Å². The normalized spacial score (nSPS) is 23.8. The molecule has 1 aromatic rings. The summed E-state index contributed by atoms with van der Waals surface area (Å²) in [7, 11) is 0. The van der Waals surface area contributed by atoms with Crippen LogP contribution in [0.1, 0.15) is 18.4 Å². The summed E-state index contributed by atoms with van der Waals surface area (Å²) in [6.45, 7) is 0.391. The number of hydrogen-bond donors (Lipinski definition) is 2. The molecular weight excluding hydrogens is 254 g/mol. The van der Waals surface area contributed by atoms with Crippen molar-refractivity contribution in [2.75, 3.05) is 18.1 Å². The van der Waals surface area contributed by atoms with Crippen molar-refractivity contribution in [3.05, 3.63) is 22.4 Å². The number of aryl methyl sites for hydroxylation is 1. The third-order valence-electron chi connectivity index (χ3n) is 2.92. The third-order valence-corrected chi connectivity index (χ3v) is 4.88. The summed E-state index contributed by atoms with van der Waals surface area (Å²) in [5.74, 6) is 1.75. The largest absolute Gasteiger partial charge is 0.387 e. The summed E-state index contributed by atoms with van der Waals surface area (Å²) < 4.78 is 0. The average Bonchev–Trinajstić information content (AvgIpc) is 2.95. The smallest absolute Gasteiger partial charge is 0.220 e. The molecule has 1 atom stereocenters. The number of thioether (sulfide) groups is 1. The molecule has 0 aromatic carbocycles. The van der Waals surface area contributed by atoms with Crippen molar-refractivity contribution in [1.82, 2.24) is 5.32 Å². The summed E-state index contributed by atoms with van der Waals surface area (Å²) >= 11 is 3.39. The van der Waals surface area contributed by atoms with E-state index in [2.05, 4.69) is 10.7 Å². The van der Waals surface area contributed by atoms with E-state index in [1.54, 1.807) is 23.1 Å². The van der Waals surface area contributed by atoms with Crippen LogP contribution in [0.3, 0.4) is 0 Å². The maximum atomic E-state index is 11.6. The lowest BCUT2D eigenvalue weighted by Gasteiger charge is -2.21. The fourth-order valence-electron chi connectivity index (χ4n) is 1.78. The van der Waals surface area contributed by atoms with E-state index in [-0.39, 0.29) is 5.91 Å².